The fraction of sp³-hybridized carbons (Fsp3) is 0.636. The Hall–Kier alpha value is -1.06. The van der Waals surface area contributed by atoms with E-state index in [9.17, 15) is 9.90 Å². The second-order valence-electron chi connectivity index (χ2n) is 4.42. The summed E-state index contributed by atoms with van der Waals surface area (Å²) in [7, 11) is 1.44. The summed E-state index contributed by atoms with van der Waals surface area (Å²) in [5.41, 5.74) is 0.196. The third kappa shape index (κ3) is 2.49. The number of hydrogen-bond acceptors (Lipinski definition) is 6. The first kappa shape index (κ1) is 14.4. The number of hydrogen-bond donors (Lipinski definition) is 3. The summed E-state index contributed by atoms with van der Waals surface area (Å²) in [4.78, 5) is 14.0. The van der Waals surface area contributed by atoms with Crippen LogP contribution in [0.5, 0.6) is 0 Å². The van der Waals surface area contributed by atoms with Gasteiger partial charge in [0.25, 0.3) is 5.56 Å². The Balaban J connectivity index is 2.44. The first-order chi connectivity index (χ1) is 8.99. The molecule has 1 aromatic rings. The molecular weight excluding hydrogens is 272 g/mol. The van der Waals surface area contributed by atoms with E-state index in [4.69, 9.17) is 26.8 Å². The number of methoxy groups -OCH3 is 1. The molecule has 1 aliphatic heterocycles. The lowest BCUT2D eigenvalue weighted by atomic mass is 10.1. The maximum absolute atomic E-state index is 11.4. The Morgan fingerprint density at radius 3 is 2.89 bits per heavy atom. The fourth-order valence-corrected chi connectivity index (χ4v) is 2.37. The number of aromatic amines is 1. The van der Waals surface area contributed by atoms with Crippen LogP contribution in [0.25, 0.3) is 0 Å². The highest BCUT2D eigenvalue weighted by Gasteiger charge is 2.44. The van der Waals surface area contributed by atoms with E-state index in [-0.39, 0.29) is 16.9 Å². The molecule has 4 atom stereocenters. The maximum atomic E-state index is 11.4. The summed E-state index contributed by atoms with van der Waals surface area (Å²) in [5, 5.41) is 19.1. The summed E-state index contributed by atoms with van der Waals surface area (Å²) in [6.45, 7) is 1.31. The number of aliphatic hydroxyl groups excluding tert-OH is 2. The average Bonchev–Trinajstić information content (AvgIpc) is 2.70. The minimum absolute atomic E-state index is 0.174. The van der Waals surface area contributed by atoms with Crippen LogP contribution in [0.1, 0.15) is 11.8 Å². The van der Waals surface area contributed by atoms with E-state index in [1.807, 2.05) is 0 Å². The van der Waals surface area contributed by atoms with Crippen molar-refractivity contribution in [2.45, 2.75) is 31.5 Å². The Kier molecular flexibility index (Phi) is 4.16. The van der Waals surface area contributed by atoms with Crippen LogP contribution in [0, 0.1) is 11.7 Å². The molecule has 0 amide bonds. The third-order valence-corrected chi connectivity index (χ3v) is 3.50. The molecular formula is C11H16N2O5S. The Morgan fingerprint density at radius 1 is 1.63 bits per heavy atom. The molecule has 1 fully saturated rings. The maximum Gasteiger partial charge on any atom is 0.254 e. The number of H-pyrrole nitrogens is 1. The molecule has 7 nitrogen and oxygen atoms in total. The van der Waals surface area contributed by atoms with E-state index in [0.717, 1.165) is 0 Å². The van der Waals surface area contributed by atoms with E-state index >= 15 is 0 Å². The lowest BCUT2D eigenvalue weighted by molar-refractivity contribution is -0.0616. The molecule has 0 aliphatic carbocycles. The topological polar surface area (TPSA) is 96.7 Å². The zero-order valence-electron chi connectivity index (χ0n) is 10.6. The smallest absolute Gasteiger partial charge is 0.254 e. The number of aryl methyl sites for hydroxylation is 1. The Morgan fingerprint density at radius 2 is 2.32 bits per heavy atom. The predicted molar refractivity (Wildman–Crippen MR) is 68.4 cm³/mol. The number of ether oxygens (including phenoxy) is 2. The molecule has 2 heterocycles. The average molecular weight is 288 g/mol. The first-order valence-electron chi connectivity index (χ1n) is 5.78. The lowest BCUT2D eigenvalue weighted by Gasteiger charge is -2.21. The molecule has 1 saturated heterocycles. The molecule has 2 unspecified atom stereocenters. The van der Waals surface area contributed by atoms with Crippen molar-refractivity contribution in [2.75, 3.05) is 13.7 Å². The zero-order valence-corrected chi connectivity index (χ0v) is 11.4. The fourth-order valence-electron chi connectivity index (χ4n) is 2.12. The molecule has 3 N–H and O–H groups in total. The largest absolute Gasteiger partial charge is 0.394 e. The number of nitrogens with one attached hydrogen (secondary N) is 1. The van der Waals surface area contributed by atoms with Crippen LogP contribution < -0.4 is 5.56 Å². The number of nitrogens with zero attached hydrogens (tertiary/aromatic N) is 1. The van der Waals surface area contributed by atoms with Crippen molar-refractivity contribution in [1.82, 2.24) is 9.55 Å². The quantitative estimate of drug-likeness (QED) is 0.648. The normalized spacial score (nSPS) is 30.7. The van der Waals surface area contributed by atoms with Gasteiger partial charge in [0.1, 0.15) is 18.3 Å². The van der Waals surface area contributed by atoms with E-state index in [2.05, 4.69) is 4.98 Å². The van der Waals surface area contributed by atoms with Gasteiger partial charge in [0.2, 0.25) is 0 Å². The van der Waals surface area contributed by atoms with Gasteiger partial charge in [0.15, 0.2) is 11.0 Å². The van der Waals surface area contributed by atoms with Gasteiger partial charge in [-0.15, -0.1) is 0 Å². The number of aromatic nitrogens is 2. The van der Waals surface area contributed by atoms with Crippen LogP contribution in [0.2, 0.25) is 0 Å². The zero-order chi connectivity index (χ0) is 14.2. The van der Waals surface area contributed by atoms with Crippen molar-refractivity contribution in [3.8, 4) is 0 Å². The van der Waals surface area contributed by atoms with Gasteiger partial charge in [-0.05, 0) is 19.1 Å². The van der Waals surface area contributed by atoms with Gasteiger partial charge in [0, 0.05) is 18.9 Å². The summed E-state index contributed by atoms with van der Waals surface area (Å²) < 4.78 is 12.4. The highest BCUT2D eigenvalue weighted by atomic mass is 32.1. The highest BCUT2D eigenvalue weighted by Crippen LogP contribution is 2.31. The third-order valence-electron chi connectivity index (χ3n) is 3.18. The molecule has 0 bridgehead atoms. The second-order valence-corrected chi connectivity index (χ2v) is 4.80. The van der Waals surface area contributed by atoms with E-state index in [0.29, 0.717) is 5.56 Å². The monoisotopic (exact) mass is 288 g/mol. The molecule has 106 valence electrons. The summed E-state index contributed by atoms with van der Waals surface area (Å²) in [6.07, 6.45) is -1.53. The molecule has 0 radical (unpaired) electrons. The van der Waals surface area contributed by atoms with Crippen LogP contribution in [-0.2, 0) is 9.47 Å². The van der Waals surface area contributed by atoms with Gasteiger partial charge in [-0.2, -0.15) is 0 Å². The molecule has 0 saturated carbocycles. The van der Waals surface area contributed by atoms with Crippen molar-refractivity contribution < 1.29 is 19.7 Å². The van der Waals surface area contributed by atoms with E-state index in [1.165, 1.54) is 11.7 Å². The molecule has 1 aliphatic rings. The highest BCUT2D eigenvalue weighted by molar-refractivity contribution is 7.71. The van der Waals surface area contributed by atoms with Gasteiger partial charge in [-0.25, -0.2) is 0 Å². The van der Waals surface area contributed by atoms with Crippen molar-refractivity contribution in [1.29, 1.82) is 0 Å². The van der Waals surface area contributed by atoms with Crippen LogP contribution >= 0.6 is 12.2 Å². The Bertz CT molecular complexity index is 569. The SMILES string of the molecule is COC1C(O)[C@H](CO)O[C@@H]1n1cc(C)c(=O)[nH]c1=S. The number of aliphatic hydroxyl groups is 2. The molecule has 8 heteroatoms. The molecule has 0 aromatic carbocycles. The van der Waals surface area contributed by atoms with Crippen LogP contribution in [0.4, 0.5) is 0 Å². The molecule has 0 spiro atoms. The minimum Gasteiger partial charge on any atom is -0.394 e. The molecule has 19 heavy (non-hydrogen) atoms. The van der Waals surface area contributed by atoms with Crippen LogP contribution in [-0.4, -0.2) is 51.8 Å². The van der Waals surface area contributed by atoms with Crippen molar-refractivity contribution in [2.24, 2.45) is 0 Å². The first-order valence-corrected chi connectivity index (χ1v) is 6.19. The minimum atomic E-state index is -0.964. The van der Waals surface area contributed by atoms with Crippen molar-refractivity contribution >= 4 is 12.2 Å². The van der Waals surface area contributed by atoms with Gasteiger partial charge in [-0.3, -0.25) is 14.3 Å². The summed E-state index contributed by atoms with van der Waals surface area (Å²) in [6, 6.07) is 0. The van der Waals surface area contributed by atoms with E-state index < -0.39 is 24.5 Å². The van der Waals surface area contributed by atoms with E-state index in [1.54, 1.807) is 13.1 Å². The lowest BCUT2D eigenvalue weighted by Crippen LogP contribution is -2.35. The Labute approximate surface area is 114 Å². The standard InChI is InChI=1S/C11H16N2O5S/c1-5-3-13(11(19)12-9(5)16)10-8(17-2)7(15)6(4-14)18-10/h3,6-8,10,14-15H,4H2,1-2H3,(H,12,16,19)/t6-,7?,8?,10-/m0/s1. The number of rotatable bonds is 3. The molecule has 2 rings (SSSR count). The summed E-state index contributed by atoms with van der Waals surface area (Å²) >= 11 is 5.08. The van der Waals surface area contributed by atoms with Gasteiger partial charge in [0.05, 0.1) is 6.61 Å². The van der Waals surface area contributed by atoms with Crippen LogP contribution in [0.15, 0.2) is 11.0 Å². The van der Waals surface area contributed by atoms with Crippen molar-refractivity contribution in [3.05, 3.63) is 26.9 Å². The predicted octanol–water partition coefficient (Wildman–Crippen LogP) is -0.520. The van der Waals surface area contributed by atoms with Gasteiger partial charge in [-0.1, -0.05) is 0 Å². The van der Waals surface area contributed by atoms with Crippen molar-refractivity contribution in [3.63, 3.8) is 0 Å². The van der Waals surface area contributed by atoms with Gasteiger partial charge < -0.3 is 19.7 Å². The van der Waals surface area contributed by atoms with Gasteiger partial charge >= 0.3 is 0 Å². The van der Waals surface area contributed by atoms with Crippen LogP contribution in [0.3, 0.4) is 0 Å². The summed E-state index contributed by atoms with van der Waals surface area (Å²) in [5.74, 6) is 0. The second kappa shape index (κ2) is 5.51. The molecule has 1 aromatic heterocycles.